The molecule has 0 aromatic carbocycles. The zero-order chi connectivity index (χ0) is 17.5. The minimum Gasteiger partial charge on any atom is -0.358 e. The molecule has 0 saturated heterocycles. The van der Waals surface area contributed by atoms with Gasteiger partial charge in [-0.05, 0) is 55.2 Å². The Morgan fingerprint density at radius 2 is 2.17 bits per heavy atom. The van der Waals surface area contributed by atoms with Gasteiger partial charge in [0.1, 0.15) is 0 Å². The van der Waals surface area contributed by atoms with Crippen molar-refractivity contribution in [3.63, 3.8) is 0 Å². The second-order valence-corrected chi connectivity index (χ2v) is 5.80. The Hall–Kier alpha value is -2.68. The number of hydrogen-bond acceptors (Lipinski definition) is 2. The Labute approximate surface area is 143 Å². The average Bonchev–Trinajstić information content (AvgIpc) is 2.98. The SMILES string of the molecule is C=C(/C=C(\C=C/C)c1cc(C=O)c(CCC)[nH]1)c1ccc(C)nc1. The first-order valence-electron chi connectivity index (χ1n) is 8.22. The van der Waals surface area contributed by atoms with E-state index in [2.05, 4.69) is 23.5 Å². The molecule has 0 saturated carbocycles. The summed E-state index contributed by atoms with van der Waals surface area (Å²) < 4.78 is 0. The highest BCUT2D eigenvalue weighted by Crippen LogP contribution is 2.24. The fourth-order valence-corrected chi connectivity index (χ4v) is 2.55. The third-order valence-corrected chi connectivity index (χ3v) is 3.83. The first-order chi connectivity index (χ1) is 11.6. The molecule has 0 aliphatic carbocycles. The number of aromatic nitrogens is 2. The molecule has 0 spiro atoms. The molecule has 24 heavy (non-hydrogen) atoms. The van der Waals surface area contributed by atoms with Crippen LogP contribution in [0.5, 0.6) is 0 Å². The number of nitrogens with zero attached hydrogens (tertiary/aromatic N) is 1. The highest BCUT2D eigenvalue weighted by atomic mass is 16.1. The lowest BCUT2D eigenvalue weighted by atomic mass is 10.0. The molecule has 0 amide bonds. The summed E-state index contributed by atoms with van der Waals surface area (Å²) >= 11 is 0. The Kier molecular flexibility index (Phi) is 6.07. The van der Waals surface area contributed by atoms with Gasteiger partial charge in [-0.2, -0.15) is 0 Å². The third kappa shape index (κ3) is 4.19. The van der Waals surface area contributed by atoms with Crippen LogP contribution in [0.2, 0.25) is 0 Å². The highest BCUT2D eigenvalue weighted by Gasteiger charge is 2.09. The van der Waals surface area contributed by atoms with E-state index in [4.69, 9.17) is 0 Å². The van der Waals surface area contributed by atoms with Gasteiger partial charge in [-0.1, -0.05) is 38.1 Å². The van der Waals surface area contributed by atoms with Crippen molar-refractivity contribution >= 4 is 17.4 Å². The van der Waals surface area contributed by atoms with E-state index in [9.17, 15) is 4.79 Å². The highest BCUT2D eigenvalue weighted by molar-refractivity contribution is 5.88. The molecular weight excluding hydrogens is 296 g/mol. The van der Waals surface area contributed by atoms with Crippen LogP contribution in [0.15, 0.2) is 49.2 Å². The van der Waals surface area contributed by atoms with Gasteiger partial charge in [0.15, 0.2) is 6.29 Å². The van der Waals surface area contributed by atoms with Crippen LogP contribution in [-0.4, -0.2) is 16.3 Å². The van der Waals surface area contributed by atoms with E-state index in [0.29, 0.717) is 0 Å². The minimum atomic E-state index is 0.727. The average molecular weight is 320 g/mol. The van der Waals surface area contributed by atoms with Crippen molar-refractivity contribution in [2.75, 3.05) is 0 Å². The van der Waals surface area contributed by atoms with Gasteiger partial charge in [0.25, 0.3) is 0 Å². The predicted octanol–water partition coefficient (Wildman–Crippen LogP) is 5.16. The van der Waals surface area contributed by atoms with Crippen molar-refractivity contribution in [3.8, 4) is 0 Å². The van der Waals surface area contributed by atoms with E-state index in [1.165, 1.54) is 0 Å². The molecular formula is C21H24N2O. The largest absolute Gasteiger partial charge is 0.358 e. The zero-order valence-electron chi connectivity index (χ0n) is 14.6. The van der Waals surface area contributed by atoms with Gasteiger partial charge in [-0.25, -0.2) is 0 Å². The standard InChI is InChI=1S/C21H24N2O/c1-5-7-17(11-15(3)18-10-9-16(4)22-13-18)21-12-19(14-24)20(23-21)8-6-2/h5,7,9-14,23H,3,6,8H2,1-2,4H3/b7-5-,17-11+. The summed E-state index contributed by atoms with van der Waals surface area (Å²) in [5.74, 6) is 0. The number of pyridine rings is 1. The maximum Gasteiger partial charge on any atom is 0.151 e. The third-order valence-electron chi connectivity index (χ3n) is 3.83. The van der Waals surface area contributed by atoms with Gasteiger partial charge in [0, 0.05) is 28.8 Å². The van der Waals surface area contributed by atoms with Crippen LogP contribution in [0.25, 0.3) is 11.1 Å². The number of allylic oxidation sites excluding steroid dienone is 5. The Morgan fingerprint density at radius 3 is 2.75 bits per heavy atom. The van der Waals surface area contributed by atoms with Crippen LogP contribution >= 0.6 is 0 Å². The summed E-state index contributed by atoms with van der Waals surface area (Å²) in [5.41, 5.74) is 6.49. The van der Waals surface area contributed by atoms with E-state index >= 15 is 0 Å². The van der Waals surface area contributed by atoms with Crippen molar-refractivity contribution in [1.82, 2.24) is 9.97 Å². The number of H-pyrrole nitrogens is 1. The number of aromatic amines is 1. The monoisotopic (exact) mass is 320 g/mol. The van der Waals surface area contributed by atoms with Gasteiger partial charge in [0.2, 0.25) is 0 Å². The van der Waals surface area contributed by atoms with Gasteiger partial charge in [-0.3, -0.25) is 9.78 Å². The molecule has 0 fully saturated rings. The molecule has 0 aliphatic heterocycles. The topological polar surface area (TPSA) is 45.8 Å². The van der Waals surface area contributed by atoms with Crippen LogP contribution in [0.1, 0.15) is 53.3 Å². The van der Waals surface area contributed by atoms with E-state index < -0.39 is 0 Å². The molecule has 0 atom stereocenters. The molecule has 124 valence electrons. The number of nitrogens with one attached hydrogen (secondary N) is 1. The van der Waals surface area contributed by atoms with Crippen molar-refractivity contribution in [3.05, 3.63) is 77.4 Å². The maximum atomic E-state index is 11.3. The molecule has 3 nitrogen and oxygen atoms in total. The molecule has 2 heterocycles. The number of hydrogen-bond donors (Lipinski definition) is 1. The van der Waals surface area contributed by atoms with Crippen molar-refractivity contribution in [1.29, 1.82) is 0 Å². The Bertz CT molecular complexity index is 777. The summed E-state index contributed by atoms with van der Waals surface area (Å²) in [6.45, 7) is 10.2. The van der Waals surface area contributed by atoms with Gasteiger partial charge >= 0.3 is 0 Å². The first-order valence-corrected chi connectivity index (χ1v) is 8.22. The van der Waals surface area contributed by atoms with Crippen LogP contribution in [0.4, 0.5) is 0 Å². The van der Waals surface area contributed by atoms with Gasteiger partial charge in [0.05, 0.1) is 0 Å². The number of carbonyl (C=O) groups is 1. The molecule has 0 radical (unpaired) electrons. The number of carbonyl (C=O) groups excluding carboxylic acids is 1. The predicted molar refractivity (Wildman–Crippen MR) is 101 cm³/mol. The summed E-state index contributed by atoms with van der Waals surface area (Å²) in [6, 6.07) is 5.90. The second kappa shape index (κ2) is 8.25. The fraction of sp³-hybridized carbons (Fsp3) is 0.238. The number of aryl methyl sites for hydroxylation is 2. The number of aldehydes is 1. The smallest absolute Gasteiger partial charge is 0.151 e. The van der Waals surface area contributed by atoms with Crippen LogP contribution < -0.4 is 0 Å². The fourth-order valence-electron chi connectivity index (χ4n) is 2.55. The lowest BCUT2D eigenvalue weighted by Crippen LogP contribution is -1.90. The molecule has 0 bridgehead atoms. The molecule has 1 N–H and O–H groups in total. The number of rotatable bonds is 7. The second-order valence-electron chi connectivity index (χ2n) is 5.80. The Balaban J connectivity index is 2.40. The van der Waals surface area contributed by atoms with Crippen molar-refractivity contribution in [2.24, 2.45) is 0 Å². The molecule has 0 unspecified atom stereocenters. The molecule has 2 aromatic rings. The molecule has 2 aromatic heterocycles. The summed E-state index contributed by atoms with van der Waals surface area (Å²) in [7, 11) is 0. The summed E-state index contributed by atoms with van der Waals surface area (Å²) in [4.78, 5) is 19.0. The lowest BCUT2D eigenvalue weighted by Gasteiger charge is -2.04. The first kappa shape index (κ1) is 17.7. The van der Waals surface area contributed by atoms with Crippen LogP contribution in [-0.2, 0) is 6.42 Å². The van der Waals surface area contributed by atoms with E-state index in [-0.39, 0.29) is 0 Å². The normalized spacial score (nSPS) is 11.9. The lowest BCUT2D eigenvalue weighted by molar-refractivity contribution is 0.112. The van der Waals surface area contributed by atoms with E-state index in [1.807, 2.05) is 56.5 Å². The Morgan fingerprint density at radius 1 is 1.38 bits per heavy atom. The van der Waals surface area contributed by atoms with Gasteiger partial charge < -0.3 is 4.98 Å². The molecule has 3 heteroatoms. The maximum absolute atomic E-state index is 11.3. The minimum absolute atomic E-state index is 0.727. The van der Waals surface area contributed by atoms with E-state index in [1.54, 1.807) is 0 Å². The van der Waals surface area contributed by atoms with Crippen molar-refractivity contribution in [2.45, 2.75) is 33.6 Å². The van der Waals surface area contributed by atoms with E-state index in [0.717, 1.165) is 58.5 Å². The molecule has 0 aliphatic rings. The van der Waals surface area contributed by atoms with Crippen LogP contribution in [0, 0.1) is 6.92 Å². The summed E-state index contributed by atoms with van der Waals surface area (Å²) in [6.07, 6.45) is 10.6. The summed E-state index contributed by atoms with van der Waals surface area (Å²) in [5, 5.41) is 0. The quantitative estimate of drug-likeness (QED) is 0.566. The van der Waals surface area contributed by atoms with Crippen LogP contribution in [0.3, 0.4) is 0 Å². The van der Waals surface area contributed by atoms with Gasteiger partial charge in [-0.15, -0.1) is 0 Å². The van der Waals surface area contributed by atoms with Crippen molar-refractivity contribution < 1.29 is 4.79 Å². The molecule has 2 rings (SSSR count). The zero-order valence-corrected chi connectivity index (χ0v) is 14.6.